The zero-order valence-corrected chi connectivity index (χ0v) is 29.7. The van der Waals surface area contributed by atoms with Crippen molar-refractivity contribution < 1.29 is 43.4 Å². The van der Waals surface area contributed by atoms with Gasteiger partial charge in [0.2, 0.25) is 23.3 Å². The third kappa shape index (κ3) is 10.0. The Morgan fingerprint density at radius 1 is 1.14 bits per heavy atom. The number of carbonyl (C=O) groups is 5. The Hall–Kier alpha value is -4.51. The minimum atomic E-state index is -1.32. The van der Waals surface area contributed by atoms with Crippen molar-refractivity contribution in [2.24, 2.45) is 5.16 Å². The summed E-state index contributed by atoms with van der Waals surface area (Å²) in [6, 6.07) is -1.11. The summed E-state index contributed by atoms with van der Waals surface area (Å²) in [5.41, 5.74) is 4.03. The molecule has 0 bridgehead atoms. The van der Waals surface area contributed by atoms with Gasteiger partial charge in [0.25, 0.3) is 11.8 Å². The van der Waals surface area contributed by atoms with E-state index in [1.807, 2.05) is 0 Å². The number of ether oxygens (including phenoxy) is 2. The van der Waals surface area contributed by atoms with Crippen LogP contribution >= 0.6 is 35.1 Å². The molecule has 0 spiro atoms. The molecule has 23 heteroatoms. The molecule has 0 aromatic carbocycles. The topological polar surface area (TPSA) is 268 Å². The van der Waals surface area contributed by atoms with Crippen molar-refractivity contribution in [1.82, 2.24) is 45.1 Å². The smallest absolute Gasteiger partial charge is 0.407 e. The number of thioether (sulfide) groups is 2. The summed E-state index contributed by atoms with van der Waals surface area (Å²) in [6.45, 7) is 10.0. The highest BCUT2D eigenvalue weighted by Gasteiger charge is 2.54. The molecule has 2 aliphatic heterocycles. The number of esters is 1. The largest absolute Gasteiger partial charge is 0.477 e. The Morgan fingerprint density at radius 2 is 1.86 bits per heavy atom. The van der Waals surface area contributed by atoms with Gasteiger partial charge in [-0.2, -0.15) is 9.36 Å². The lowest BCUT2D eigenvalue weighted by molar-refractivity contribution is -0.160. The fourth-order valence-electron chi connectivity index (χ4n) is 4.21. The second kappa shape index (κ2) is 15.4. The van der Waals surface area contributed by atoms with Gasteiger partial charge in [0.05, 0.1) is 6.54 Å². The van der Waals surface area contributed by atoms with E-state index in [0.29, 0.717) is 10.7 Å². The Balaban J connectivity index is 1.40. The number of rotatable bonds is 13. The highest BCUT2D eigenvalue weighted by molar-refractivity contribution is 8.01. The van der Waals surface area contributed by atoms with Gasteiger partial charge in [-0.3, -0.25) is 14.5 Å². The van der Waals surface area contributed by atoms with Crippen molar-refractivity contribution in [3.8, 4) is 0 Å². The predicted octanol–water partition coefficient (Wildman–Crippen LogP) is 0.225. The van der Waals surface area contributed by atoms with E-state index in [1.165, 1.54) is 16.4 Å². The highest BCUT2D eigenvalue weighted by atomic mass is 32.2. The molecule has 1 saturated heterocycles. The minimum absolute atomic E-state index is 0.0320. The zero-order valence-electron chi connectivity index (χ0n) is 27.3. The molecular formula is C26H35N11O9S3. The Morgan fingerprint density at radius 3 is 2.49 bits per heavy atom. The fraction of sp³-hybridized carbons (Fsp3) is 0.577. The average molecular weight is 742 g/mol. The van der Waals surface area contributed by atoms with E-state index >= 15 is 0 Å². The standard InChI is InChI=1S/C26H35N11O9S3/c1-25(2,3)45-13(38)9-44-32-14(17-30-22(27)49-33-17)18(39)29-15-19(40)37-16(21(41)42)12(10-47-20(15)37)11-48-23-31-34-35-36(23)8-7-28-24(43)46-26(4,5)6/h15,20H,7-11H2,1-6H3,(H,28,43)(H,29,39)(H,41,42)(H2,27,30,33)/b32-14+. The molecule has 5 N–H and O–H groups in total. The highest BCUT2D eigenvalue weighted by Crippen LogP contribution is 2.41. The molecule has 49 heavy (non-hydrogen) atoms. The lowest BCUT2D eigenvalue weighted by atomic mass is 10.0. The van der Waals surface area contributed by atoms with Gasteiger partial charge < -0.3 is 35.8 Å². The first-order valence-electron chi connectivity index (χ1n) is 14.5. The third-order valence-corrected chi connectivity index (χ3v) is 8.96. The molecule has 0 aliphatic carbocycles. The molecule has 2 aliphatic rings. The molecular weight excluding hydrogens is 707 g/mol. The van der Waals surface area contributed by atoms with Gasteiger partial charge in [-0.15, -0.1) is 16.9 Å². The maximum Gasteiger partial charge on any atom is 0.407 e. The van der Waals surface area contributed by atoms with Crippen LogP contribution < -0.4 is 16.4 Å². The quantitative estimate of drug-likeness (QED) is 0.0703. The normalized spacial score (nSPS) is 18.0. The van der Waals surface area contributed by atoms with E-state index in [0.717, 1.165) is 28.2 Å². The zero-order chi connectivity index (χ0) is 36.1. The van der Waals surface area contributed by atoms with Crippen LogP contribution in [0.4, 0.5) is 9.93 Å². The van der Waals surface area contributed by atoms with Crippen LogP contribution in [0, 0.1) is 0 Å². The lowest BCUT2D eigenvalue weighted by Gasteiger charge is -2.49. The number of carbonyl (C=O) groups excluding carboxylic acids is 4. The van der Waals surface area contributed by atoms with Crippen LogP contribution in [-0.2, 0) is 40.0 Å². The number of aliphatic carboxylic acids is 1. The number of nitrogen functional groups attached to an aromatic ring is 1. The van der Waals surface area contributed by atoms with Gasteiger partial charge in [-0.05, 0) is 57.5 Å². The number of aromatic nitrogens is 6. The fourth-order valence-corrected chi connectivity index (χ4v) is 7.03. The number of oxime groups is 1. The predicted molar refractivity (Wildman–Crippen MR) is 175 cm³/mol. The van der Waals surface area contributed by atoms with Crippen molar-refractivity contribution in [2.45, 2.75) is 75.9 Å². The summed E-state index contributed by atoms with van der Waals surface area (Å²) in [7, 11) is 0. The summed E-state index contributed by atoms with van der Waals surface area (Å²) < 4.78 is 15.8. The van der Waals surface area contributed by atoms with Gasteiger partial charge >= 0.3 is 18.0 Å². The lowest BCUT2D eigenvalue weighted by Crippen LogP contribution is -2.71. The first-order valence-corrected chi connectivity index (χ1v) is 17.3. The molecule has 4 rings (SSSR count). The number of alkyl carbamates (subject to hydrolysis) is 1. The molecule has 20 nitrogen and oxygen atoms in total. The number of nitrogens with two attached hydrogens (primary N) is 1. The molecule has 0 radical (unpaired) electrons. The van der Waals surface area contributed by atoms with E-state index in [-0.39, 0.29) is 41.2 Å². The van der Waals surface area contributed by atoms with Crippen LogP contribution in [0.5, 0.6) is 0 Å². The molecule has 2 aromatic heterocycles. The van der Waals surface area contributed by atoms with E-state index in [2.05, 4.69) is 40.7 Å². The number of hydrogen-bond donors (Lipinski definition) is 4. The number of fused-ring (bicyclic) bond motifs is 1. The van der Waals surface area contributed by atoms with Crippen LogP contribution in [0.2, 0.25) is 0 Å². The van der Waals surface area contributed by atoms with Crippen molar-refractivity contribution in [1.29, 1.82) is 0 Å². The molecule has 0 saturated carbocycles. The summed E-state index contributed by atoms with van der Waals surface area (Å²) in [5.74, 6) is -3.46. The first-order chi connectivity index (χ1) is 22.9. The van der Waals surface area contributed by atoms with E-state index in [9.17, 15) is 29.1 Å². The number of amides is 3. The number of β-lactam (4-membered cyclic amide) rings is 1. The van der Waals surface area contributed by atoms with Crippen molar-refractivity contribution in [2.75, 3.05) is 30.4 Å². The number of nitrogens with one attached hydrogen (secondary N) is 2. The summed E-state index contributed by atoms with van der Waals surface area (Å²) in [5, 5.41) is 30.2. The second-order valence-electron chi connectivity index (χ2n) is 12.3. The number of nitrogens with zero attached hydrogens (tertiary/aromatic N) is 8. The summed E-state index contributed by atoms with van der Waals surface area (Å²) in [4.78, 5) is 73.0. The van der Waals surface area contributed by atoms with Crippen LogP contribution in [0.15, 0.2) is 21.6 Å². The monoisotopic (exact) mass is 741 g/mol. The van der Waals surface area contributed by atoms with Crippen LogP contribution in [0.25, 0.3) is 0 Å². The average Bonchev–Trinajstić information content (AvgIpc) is 3.62. The first kappa shape index (κ1) is 37.3. The number of carboxylic acid groups (broad SMARTS) is 1. The Kier molecular flexibility index (Phi) is 11.7. The number of anilines is 1. The molecule has 266 valence electrons. The van der Waals surface area contributed by atoms with E-state index < -0.39 is 64.8 Å². The maximum atomic E-state index is 13.3. The number of tetrazole rings is 1. The van der Waals surface area contributed by atoms with Gasteiger partial charge in [0.1, 0.15) is 28.3 Å². The molecule has 4 heterocycles. The molecule has 3 amide bonds. The van der Waals surface area contributed by atoms with Crippen LogP contribution in [-0.4, -0.2) is 122 Å². The molecule has 2 aromatic rings. The van der Waals surface area contributed by atoms with Crippen molar-refractivity contribution in [3.63, 3.8) is 0 Å². The molecule has 2 unspecified atom stereocenters. The number of carboxylic acids is 1. The minimum Gasteiger partial charge on any atom is -0.477 e. The SMILES string of the molecule is CC(C)(C)OC(=O)CO/N=C(/C(=O)NC1C(=O)N2C(C(=O)O)=C(CSc3nnnn3CCNC(=O)OC(C)(C)C)CSC12)c1nsc(N)n1. The van der Waals surface area contributed by atoms with E-state index in [4.69, 9.17) is 20.0 Å². The third-order valence-electron chi connectivity index (χ3n) is 6.03. The van der Waals surface area contributed by atoms with E-state index in [1.54, 1.807) is 41.5 Å². The van der Waals surface area contributed by atoms with Crippen LogP contribution in [0.3, 0.4) is 0 Å². The molecule has 1 fully saturated rings. The summed E-state index contributed by atoms with van der Waals surface area (Å²) in [6.07, 6.45) is -0.590. The summed E-state index contributed by atoms with van der Waals surface area (Å²) >= 11 is 3.20. The van der Waals surface area contributed by atoms with Gasteiger partial charge in [0.15, 0.2) is 5.13 Å². The Labute approximate surface area is 292 Å². The van der Waals surface area contributed by atoms with Gasteiger partial charge in [-0.1, -0.05) is 16.9 Å². The van der Waals surface area contributed by atoms with Gasteiger partial charge in [0, 0.05) is 29.6 Å². The van der Waals surface area contributed by atoms with Crippen molar-refractivity contribution in [3.05, 3.63) is 17.1 Å². The number of hydrogen-bond acceptors (Lipinski definition) is 18. The van der Waals surface area contributed by atoms with Crippen molar-refractivity contribution >= 4 is 75.7 Å². The second-order valence-corrected chi connectivity index (χ2v) is 15.1. The Bertz CT molecular complexity index is 1660. The van der Waals surface area contributed by atoms with Gasteiger partial charge in [-0.25, -0.2) is 19.1 Å². The molecule has 2 atom stereocenters. The maximum absolute atomic E-state index is 13.3. The van der Waals surface area contributed by atoms with Crippen LogP contribution in [0.1, 0.15) is 47.4 Å².